The summed E-state index contributed by atoms with van der Waals surface area (Å²) in [7, 11) is 0. The van der Waals surface area contributed by atoms with E-state index >= 15 is 0 Å². The lowest BCUT2D eigenvalue weighted by Crippen LogP contribution is -2.24. The zero-order chi connectivity index (χ0) is 13.3. The fourth-order valence-corrected chi connectivity index (χ4v) is 1.81. The van der Waals surface area contributed by atoms with E-state index in [9.17, 15) is 10.2 Å². The van der Waals surface area contributed by atoms with Crippen LogP contribution >= 0.6 is 11.6 Å². The number of aliphatic hydroxyl groups is 2. The predicted molar refractivity (Wildman–Crippen MR) is 64.8 cm³/mol. The van der Waals surface area contributed by atoms with Crippen molar-refractivity contribution < 1.29 is 14.9 Å². The van der Waals surface area contributed by atoms with Crippen molar-refractivity contribution >= 4 is 17.5 Å². The van der Waals surface area contributed by atoms with E-state index in [4.69, 9.17) is 16.3 Å². The summed E-state index contributed by atoms with van der Waals surface area (Å²) in [6.45, 7) is 4.20. The van der Waals surface area contributed by atoms with Gasteiger partial charge < -0.3 is 19.8 Å². The molecule has 0 aliphatic carbocycles. The molecule has 0 amide bonds. The van der Waals surface area contributed by atoms with Gasteiger partial charge in [-0.3, -0.25) is 0 Å². The molecule has 2 rings (SSSR count). The molecule has 0 aromatic carbocycles. The number of hydrogen-bond acceptors (Lipinski definition) is 7. The van der Waals surface area contributed by atoms with Gasteiger partial charge in [-0.1, -0.05) is 0 Å². The Labute approximate surface area is 109 Å². The molecule has 1 aromatic rings. The highest BCUT2D eigenvalue weighted by Crippen LogP contribution is 2.20. The number of rotatable bonds is 3. The molecule has 2 N–H and O–H groups in total. The Balaban J connectivity index is 2.20. The molecule has 0 saturated carbocycles. The van der Waals surface area contributed by atoms with Gasteiger partial charge in [-0.15, -0.1) is 0 Å². The minimum atomic E-state index is -0.810. The highest BCUT2D eigenvalue weighted by molar-refractivity contribution is 6.28. The van der Waals surface area contributed by atoms with Crippen LogP contribution < -0.4 is 9.64 Å². The summed E-state index contributed by atoms with van der Waals surface area (Å²) in [5.41, 5.74) is 0. The Morgan fingerprint density at radius 1 is 1.22 bits per heavy atom. The Morgan fingerprint density at radius 2 is 1.83 bits per heavy atom. The van der Waals surface area contributed by atoms with Crippen LogP contribution in [0.4, 0.5) is 5.95 Å². The van der Waals surface area contributed by atoms with Gasteiger partial charge >= 0.3 is 6.01 Å². The Morgan fingerprint density at radius 3 is 2.39 bits per heavy atom. The van der Waals surface area contributed by atoms with Gasteiger partial charge in [0.25, 0.3) is 0 Å². The maximum absolute atomic E-state index is 9.49. The fourth-order valence-electron chi connectivity index (χ4n) is 1.66. The van der Waals surface area contributed by atoms with Crippen LogP contribution in [0.1, 0.15) is 13.8 Å². The van der Waals surface area contributed by atoms with E-state index in [2.05, 4.69) is 15.0 Å². The van der Waals surface area contributed by atoms with Crippen molar-refractivity contribution in [1.82, 2.24) is 15.0 Å². The molecule has 8 heteroatoms. The lowest BCUT2D eigenvalue weighted by Gasteiger charge is -2.16. The van der Waals surface area contributed by atoms with E-state index in [1.54, 1.807) is 4.90 Å². The topological polar surface area (TPSA) is 91.6 Å². The quantitative estimate of drug-likeness (QED) is 0.792. The van der Waals surface area contributed by atoms with E-state index in [-0.39, 0.29) is 30.5 Å². The molecule has 2 unspecified atom stereocenters. The van der Waals surface area contributed by atoms with Gasteiger partial charge in [0.1, 0.15) is 0 Å². The molecular formula is C10H15ClN4O3. The predicted octanol–water partition coefficient (Wildman–Crippen LogP) is -0.146. The van der Waals surface area contributed by atoms with Gasteiger partial charge in [-0.2, -0.15) is 15.0 Å². The van der Waals surface area contributed by atoms with Crippen LogP contribution in [-0.4, -0.2) is 56.6 Å². The summed E-state index contributed by atoms with van der Waals surface area (Å²) in [5, 5.41) is 19.0. The maximum atomic E-state index is 9.49. The SMILES string of the molecule is CC(C)Oc1nc(Cl)nc(N2CC(O)C(O)C2)n1. The van der Waals surface area contributed by atoms with Gasteiger partial charge in [0, 0.05) is 13.1 Å². The summed E-state index contributed by atoms with van der Waals surface area (Å²) >= 11 is 5.79. The van der Waals surface area contributed by atoms with Crippen LogP contribution in [0.2, 0.25) is 5.28 Å². The van der Waals surface area contributed by atoms with Crippen LogP contribution in [0.25, 0.3) is 0 Å². The summed E-state index contributed by atoms with van der Waals surface area (Å²) in [5.74, 6) is 0.293. The molecule has 0 spiro atoms. The second kappa shape index (κ2) is 5.21. The molecular weight excluding hydrogens is 260 g/mol. The standard InChI is InChI=1S/C10H15ClN4O3/c1-5(2)18-10-13-8(11)12-9(14-10)15-3-6(16)7(17)4-15/h5-7,16-17H,3-4H2,1-2H3. The molecule has 1 aliphatic rings. The number of ether oxygens (including phenoxy) is 1. The molecule has 0 radical (unpaired) electrons. The summed E-state index contributed by atoms with van der Waals surface area (Å²) in [6.07, 6.45) is -1.70. The van der Waals surface area contributed by atoms with E-state index in [1.807, 2.05) is 13.8 Å². The van der Waals surface area contributed by atoms with E-state index in [0.717, 1.165) is 0 Å². The largest absolute Gasteiger partial charge is 0.461 e. The second-order valence-electron chi connectivity index (χ2n) is 4.39. The number of aliphatic hydroxyl groups excluding tert-OH is 2. The molecule has 1 saturated heterocycles. The van der Waals surface area contributed by atoms with Crippen LogP contribution in [0.3, 0.4) is 0 Å². The first-order valence-corrected chi connectivity index (χ1v) is 6.03. The third-order valence-electron chi connectivity index (χ3n) is 2.46. The second-order valence-corrected chi connectivity index (χ2v) is 4.73. The zero-order valence-corrected chi connectivity index (χ0v) is 10.9. The smallest absolute Gasteiger partial charge is 0.322 e. The number of hydrogen-bond donors (Lipinski definition) is 2. The van der Waals surface area contributed by atoms with Crippen molar-refractivity contribution in [2.24, 2.45) is 0 Å². The molecule has 7 nitrogen and oxygen atoms in total. The normalized spacial score (nSPS) is 23.8. The van der Waals surface area contributed by atoms with Gasteiger partial charge in [0.05, 0.1) is 18.3 Å². The first-order valence-electron chi connectivity index (χ1n) is 5.65. The van der Waals surface area contributed by atoms with Crippen molar-refractivity contribution in [3.63, 3.8) is 0 Å². The van der Waals surface area contributed by atoms with Crippen LogP contribution in [0.15, 0.2) is 0 Å². The molecule has 100 valence electrons. The lowest BCUT2D eigenvalue weighted by atomic mass is 10.3. The number of anilines is 1. The third kappa shape index (κ3) is 2.98. The first kappa shape index (κ1) is 13.3. The highest BCUT2D eigenvalue weighted by Gasteiger charge is 2.31. The van der Waals surface area contributed by atoms with Gasteiger partial charge in [0.2, 0.25) is 11.2 Å². The molecule has 1 aliphatic heterocycles. The number of aromatic nitrogens is 3. The van der Waals surface area contributed by atoms with Gasteiger partial charge in [-0.05, 0) is 25.4 Å². The minimum absolute atomic E-state index is 0.0199. The van der Waals surface area contributed by atoms with Crippen molar-refractivity contribution in [3.05, 3.63) is 5.28 Å². The number of halogens is 1. The number of β-amino-alcohol motifs (C(OH)–C–C–N with tert-alkyl or cyclic N) is 2. The monoisotopic (exact) mass is 274 g/mol. The van der Waals surface area contributed by atoms with Crippen molar-refractivity contribution in [1.29, 1.82) is 0 Å². The van der Waals surface area contributed by atoms with Crippen LogP contribution in [-0.2, 0) is 0 Å². The highest BCUT2D eigenvalue weighted by atomic mass is 35.5. The molecule has 1 aromatic heterocycles. The Hall–Kier alpha value is -1.18. The molecule has 1 fully saturated rings. The van der Waals surface area contributed by atoms with E-state index in [0.29, 0.717) is 5.95 Å². The van der Waals surface area contributed by atoms with Crippen LogP contribution in [0.5, 0.6) is 6.01 Å². The van der Waals surface area contributed by atoms with Crippen molar-refractivity contribution in [3.8, 4) is 6.01 Å². The Bertz CT molecular complexity index is 422. The van der Waals surface area contributed by atoms with Gasteiger partial charge in [0.15, 0.2) is 0 Å². The summed E-state index contributed by atoms with van der Waals surface area (Å²) in [6, 6.07) is 0.135. The van der Waals surface area contributed by atoms with Crippen molar-refractivity contribution in [2.75, 3.05) is 18.0 Å². The van der Waals surface area contributed by atoms with Crippen LogP contribution in [0, 0.1) is 0 Å². The molecule has 2 heterocycles. The maximum Gasteiger partial charge on any atom is 0.322 e. The lowest BCUT2D eigenvalue weighted by molar-refractivity contribution is 0.0572. The average molecular weight is 275 g/mol. The average Bonchev–Trinajstić information content (AvgIpc) is 2.57. The number of nitrogens with zero attached hydrogens (tertiary/aromatic N) is 4. The van der Waals surface area contributed by atoms with Gasteiger partial charge in [-0.25, -0.2) is 0 Å². The van der Waals surface area contributed by atoms with E-state index in [1.165, 1.54) is 0 Å². The third-order valence-corrected chi connectivity index (χ3v) is 2.63. The Kier molecular flexibility index (Phi) is 3.84. The summed E-state index contributed by atoms with van der Waals surface area (Å²) < 4.78 is 5.35. The minimum Gasteiger partial charge on any atom is -0.461 e. The zero-order valence-electron chi connectivity index (χ0n) is 10.1. The van der Waals surface area contributed by atoms with Crippen molar-refractivity contribution in [2.45, 2.75) is 32.2 Å². The molecule has 18 heavy (non-hydrogen) atoms. The fraction of sp³-hybridized carbons (Fsp3) is 0.700. The molecule has 0 bridgehead atoms. The molecule has 2 atom stereocenters. The van der Waals surface area contributed by atoms with E-state index < -0.39 is 12.2 Å². The summed E-state index contributed by atoms with van der Waals surface area (Å²) in [4.78, 5) is 13.5. The first-order chi connectivity index (χ1) is 8.45.